The van der Waals surface area contributed by atoms with E-state index < -0.39 is 0 Å². The van der Waals surface area contributed by atoms with Gasteiger partial charge in [0.2, 0.25) is 0 Å². The first kappa shape index (κ1) is 21.1. The van der Waals surface area contributed by atoms with E-state index in [1.165, 1.54) is 5.56 Å². The second kappa shape index (κ2) is 8.99. The molecule has 1 aliphatic rings. The topological polar surface area (TPSA) is 95.1 Å². The van der Waals surface area contributed by atoms with E-state index in [4.69, 9.17) is 9.15 Å². The van der Waals surface area contributed by atoms with Gasteiger partial charge in [-0.3, -0.25) is 4.79 Å². The molecule has 1 aromatic carbocycles. The Bertz CT molecular complexity index is 1230. The third kappa shape index (κ3) is 4.17. The highest BCUT2D eigenvalue weighted by atomic mass is 16.5. The molecule has 0 aliphatic carbocycles. The molecule has 0 radical (unpaired) electrons. The van der Waals surface area contributed by atoms with Crippen LogP contribution in [0.1, 0.15) is 34.5 Å². The second-order valence-corrected chi connectivity index (χ2v) is 8.22. The summed E-state index contributed by atoms with van der Waals surface area (Å²) in [7, 11) is 0. The SMILES string of the molecule is Cc1c(C(=O)NCC2(c3ccccc3)CCOCC2)cnn1-c1nccc(-c2ccco2)n1. The van der Waals surface area contributed by atoms with Crippen molar-refractivity contribution in [2.45, 2.75) is 25.2 Å². The summed E-state index contributed by atoms with van der Waals surface area (Å²) in [6.07, 6.45) is 6.54. The molecule has 0 atom stereocenters. The summed E-state index contributed by atoms with van der Waals surface area (Å²) in [6.45, 7) is 3.75. The van der Waals surface area contributed by atoms with Crippen LogP contribution in [0.15, 0.2) is 71.6 Å². The van der Waals surface area contributed by atoms with Crippen LogP contribution in [0.3, 0.4) is 0 Å². The molecule has 0 saturated carbocycles. The molecule has 4 heterocycles. The van der Waals surface area contributed by atoms with Crippen molar-refractivity contribution >= 4 is 5.91 Å². The Labute approximate surface area is 191 Å². The van der Waals surface area contributed by atoms with Crippen LogP contribution in [0, 0.1) is 6.92 Å². The van der Waals surface area contributed by atoms with Gasteiger partial charge in [0, 0.05) is 31.4 Å². The van der Waals surface area contributed by atoms with Gasteiger partial charge in [0.1, 0.15) is 5.69 Å². The summed E-state index contributed by atoms with van der Waals surface area (Å²) < 4.78 is 12.6. The summed E-state index contributed by atoms with van der Waals surface area (Å²) in [4.78, 5) is 22.0. The van der Waals surface area contributed by atoms with Crippen molar-refractivity contribution in [2.24, 2.45) is 0 Å². The monoisotopic (exact) mass is 443 g/mol. The number of hydrogen-bond donors (Lipinski definition) is 1. The molecule has 1 saturated heterocycles. The fourth-order valence-electron chi connectivity index (χ4n) is 4.31. The lowest BCUT2D eigenvalue weighted by molar-refractivity contribution is 0.0487. The number of hydrogen-bond acceptors (Lipinski definition) is 6. The zero-order valence-electron chi connectivity index (χ0n) is 18.4. The van der Waals surface area contributed by atoms with Crippen LogP contribution in [0.4, 0.5) is 0 Å². The van der Waals surface area contributed by atoms with E-state index in [-0.39, 0.29) is 11.3 Å². The van der Waals surface area contributed by atoms with E-state index >= 15 is 0 Å². The van der Waals surface area contributed by atoms with Gasteiger partial charge >= 0.3 is 0 Å². The van der Waals surface area contributed by atoms with E-state index in [1.807, 2.05) is 31.2 Å². The Morgan fingerprint density at radius 2 is 1.94 bits per heavy atom. The lowest BCUT2D eigenvalue weighted by atomic mass is 9.74. The molecule has 1 N–H and O–H groups in total. The molecule has 4 aromatic rings. The first-order chi connectivity index (χ1) is 16.2. The zero-order chi connectivity index (χ0) is 22.7. The standard InChI is InChI=1S/C25H25N5O3/c1-18-20(16-28-30(18)24-26-12-9-21(29-24)22-8-5-13-33-22)23(31)27-17-25(10-14-32-15-11-25)19-6-3-2-4-7-19/h2-9,12-13,16H,10-11,14-15,17H2,1H3,(H,27,31). The Morgan fingerprint density at radius 1 is 1.12 bits per heavy atom. The Kier molecular flexibility index (Phi) is 5.75. The highest BCUT2D eigenvalue weighted by Crippen LogP contribution is 2.34. The molecular formula is C25H25N5O3. The third-order valence-electron chi connectivity index (χ3n) is 6.28. The average molecular weight is 444 g/mol. The Balaban J connectivity index is 1.36. The quantitative estimate of drug-likeness (QED) is 0.488. The molecule has 3 aromatic heterocycles. The fraction of sp³-hybridized carbons (Fsp3) is 0.280. The van der Waals surface area contributed by atoms with Gasteiger partial charge in [0.15, 0.2) is 5.76 Å². The van der Waals surface area contributed by atoms with Crippen LogP contribution in [0.5, 0.6) is 0 Å². The molecule has 8 heteroatoms. The minimum atomic E-state index is -0.164. The number of ether oxygens (including phenoxy) is 1. The largest absolute Gasteiger partial charge is 0.463 e. The number of aromatic nitrogens is 4. The molecule has 168 valence electrons. The van der Waals surface area contributed by atoms with Crippen molar-refractivity contribution in [1.29, 1.82) is 0 Å². The van der Waals surface area contributed by atoms with Crippen molar-refractivity contribution in [3.05, 3.63) is 84.0 Å². The van der Waals surface area contributed by atoms with Crippen LogP contribution in [-0.4, -0.2) is 45.4 Å². The highest BCUT2D eigenvalue weighted by Gasteiger charge is 2.35. The molecule has 0 bridgehead atoms. The first-order valence-electron chi connectivity index (χ1n) is 11.0. The Hall–Kier alpha value is -3.78. The minimum absolute atomic E-state index is 0.139. The summed E-state index contributed by atoms with van der Waals surface area (Å²) in [6, 6.07) is 15.8. The van der Waals surface area contributed by atoms with Gasteiger partial charge in [-0.1, -0.05) is 30.3 Å². The van der Waals surface area contributed by atoms with Crippen LogP contribution in [0.25, 0.3) is 17.4 Å². The number of carbonyl (C=O) groups excluding carboxylic acids is 1. The van der Waals surface area contributed by atoms with Gasteiger partial charge in [-0.25, -0.2) is 14.6 Å². The van der Waals surface area contributed by atoms with Crippen molar-refractivity contribution in [3.8, 4) is 17.4 Å². The highest BCUT2D eigenvalue weighted by molar-refractivity contribution is 5.95. The van der Waals surface area contributed by atoms with Crippen LogP contribution in [-0.2, 0) is 10.2 Å². The molecule has 1 amide bonds. The zero-order valence-corrected chi connectivity index (χ0v) is 18.4. The molecule has 5 rings (SSSR count). The lowest BCUT2D eigenvalue weighted by Crippen LogP contribution is -2.44. The van der Waals surface area contributed by atoms with Crippen molar-refractivity contribution < 1.29 is 13.9 Å². The van der Waals surface area contributed by atoms with Crippen LogP contribution in [0.2, 0.25) is 0 Å². The molecular weight excluding hydrogens is 418 g/mol. The smallest absolute Gasteiger partial charge is 0.254 e. The van der Waals surface area contributed by atoms with Crippen LogP contribution < -0.4 is 5.32 Å². The average Bonchev–Trinajstić information content (AvgIpc) is 3.54. The van der Waals surface area contributed by atoms with Gasteiger partial charge in [0.25, 0.3) is 11.9 Å². The van der Waals surface area contributed by atoms with Gasteiger partial charge in [-0.15, -0.1) is 0 Å². The lowest BCUT2D eigenvalue weighted by Gasteiger charge is -2.38. The summed E-state index contributed by atoms with van der Waals surface area (Å²) in [5, 5.41) is 7.52. The molecule has 1 aliphatic heterocycles. The Morgan fingerprint density at radius 3 is 2.70 bits per heavy atom. The maximum Gasteiger partial charge on any atom is 0.254 e. The van der Waals surface area contributed by atoms with Gasteiger partial charge in [-0.05, 0) is 43.5 Å². The number of carbonyl (C=O) groups is 1. The molecule has 33 heavy (non-hydrogen) atoms. The molecule has 0 spiro atoms. The fourth-order valence-corrected chi connectivity index (χ4v) is 4.31. The minimum Gasteiger partial charge on any atom is -0.463 e. The van der Waals surface area contributed by atoms with Gasteiger partial charge in [0.05, 0.1) is 23.7 Å². The number of rotatable bonds is 6. The maximum absolute atomic E-state index is 13.1. The molecule has 8 nitrogen and oxygen atoms in total. The molecule has 1 fully saturated rings. The van der Waals surface area contributed by atoms with Gasteiger partial charge in [-0.2, -0.15) is 5.10 Å². The van der Waals surface area contributed by atoms with Gasteiger partial charge < -0.3 is 14.5 Å². The number of nitrogens with zero attached hydrogens (tertiary/aromatic N) is 4. The van der Waals surface area contributed by atoms with Crippen LogP contribution >= 0.6 is 0 Å². The van der Waals surface area contributed by atoms with E-state index in [9.17, 15) is 4.79 Å². The predicted molar refractivity (Wildman–Crippen MR) is 122 cm³/mol. The second-order valence-electron chi connectivity index (χ2n) is 8.22. The summed E-state index contributed by atoms with van der Waals surface area (Å²) in [5.41, 5.74) is 2.90. The van der Waals surface area contributed by atoms with E-state index in [2.05, 4.69) is 32.5 Å². The predicted octanol–water partition coefficient (Wildman–Crippen LogP) is 3.71. The number of amides is 1. The first-order valence-corrected chi connectivity index (χ1v) is 11.0. The normalized spacial score (nSPS) is 15.3. The van der Waals surface area contributed by atoms with Crippen molar-refractivity contribution in [3.63, 3.8) is 0 Å². The molecule has 0 unspecified atom stereocenters. The third-order valence-corrected chi connectivity index (χ3v) is 6.28. The van der Waals surface area contributed by atoms with Crippen molar-refractivity contribution in [1.82, 2.24) is 25.1 Å². The van der Waals surface area contributed by atoms with E-state index in [0.717, 1.165) is 12.8 Å². The number of furan rings is 1. The maximum atomic E-state index is 13.1. The number of benzene rings is 1. The van der Waals surface area contributed by atoms with Crippen molar-refractivity contribution in [2.75, 3.05) is 19.8 Å². The summed E-state index contributed by atoms with van der Waals surface area (Å²) >= 11 is 0. The van der Waals surface area contributed by atoms with E-state index in [0.29, 0.717) is 48.4 Å². The summed E-state index contributed by atoms with van der Waals surface area (Å²) in [5.74, 6) is 0.859. The number of nitrogens with one attached hydrogen (secondary N) is 1. The van der Waals surface area contributed by atoms with E-state index in [1.54, 1.807) is 35.5 Å².